The number of rotatable bonds is 7. The van der Waals surface area contributed by atoms with Crippen molar-refractivity contribution in [2.45, 2.75) is 55.3 Å². The first-order valence-corrected chi connectivity index (χ1v) is 12.1. The minimum absolute atomic E-state index is 0.899. The summed E-state index contributed by atoms with van der Waals surface area (Å²) in [7, 11) is 0. The highest BCUT2D eigenvalue weighted by Crippen LogP contribution is 2.29. The van der Waals surface area contributed by atoms with Gasteiger partial charge in [0.1, 0.15) is 0 Å². The number of hydrogen-bond donors (Lipinski definition) is 0. The third-order valence-electron chi connectivity index (χ3n) is 5.87. The van der Waals surface area contributed by atoms with Gasteiger partial charge < -0.3 is 4.90 Å². The molecular weight excluding hydrogens is 358 g/mol. The summed E-state index contributed by atoms with van der Waals surface area (Å²) in [6.45, 7) is 6.43. The van der Waals surface area contributed by atoms with Crippen LogP contribution in [0.5, 0.6) is 0 Å². The highest BCUT2D eigenvalue weighted by molar-refractivity contribution is 8.01. The maximum Gasteiger partial charge on any atom is 0.151 e. The maximum absolute atomic E-state index is 4.72. The monoisotopic (exact) mass is 389 g/mol. The van der Waals surface area contributed by atoms with E-state index in [0.717, 1.165) is 11.6 Å². The Hall–Kier alpha value is -0.620. The van der Waals surface area contributed by atoms with Gasteiger partial charge >= 0.3 is 0 Å². The van der Waals surface area contributed by atoms with Crippen LogP contribution in [0.2, 0.25) is 0 Å². The zero-order valence-electron chi connectivity index (χ0n) is 15.7. The van der Waals surface area contributed by atoms with Crippen LogP contribution in [-0.4, -0.2) is 59.3 Å². The van der Waals surface area contributed by atoms with Crippen molar-refractivity contribution in [1.82, 2.24) is 14.8 Å². The number of thioether (sulfide) groups is 1. The van der Waals surface area contributed by atoms with Gasteiger partial charge in [-0.25, -0.2) is 4.98 Å². The summed E-state index contributed by atoms with van der Waals surface area (Å²) in [5.74, 6) is 1.20. The molecule has 0 atom stereocenters. The Bertz CT molecular complexity index is 640. The number of para-hydroxylation sites is 1. The van der Waals surface area contributed by atoms with Crippen molar-refractivity contribution in [3.8, 4) is 0 Å². The summed E-state index contributed by atoms with van der Waals surface area (Å²) in [5, 5.41) is 0. The van der Waals surface area contributed by atoms with Crippen molar-refractivity contribution in [3.05, 3.63) is 24.3 Å². The predicted octanol–water partition coefficient (Wildman–Crippen LogP) is 5.12. The van der Waals surface area contributed by atoms with Crippen molar-refractivity contribution in [2.24, 2.45) is 0 Å². The molecule has 1 saturated heterocycles. The van der Waals surface area contributed by atoms with Crippen molar-refractivity contribution < 1.29 is 0 Å². The number of aromatic nitrogens is 1. The van der Waals surface area contributed by atoms with E-state index in [1.54, 1.807) is 0 Å². The topological polar surface area (TPSA) is 19.4 Å². The second kappa shape index (κ2) is 9.54. The van der Waals surface area contributed by atoms with E-state index in [1.807, 2.05) is 23.1 Å². The van der Waals surface area contributed by atoms with Gasteiger partial charge in [0.05, 0.1) is 10.2 Å². The van der Waals surface area contributed by atoms with Gasteiger partial charge in [0.25, 0.3) is 0 Å². The van der Waals surface area contributed by atoms with Crippen LogP contribution in [0.4, 0.5) is 0 Å². The highest BCUT2D eigenvalue weighted by atomic mass is 32.2. The van der Waals surface area contributed by atoms with Crippen LogP contribution in [0.3, 0.4) is 0 Å². The van der Waals surface area contributed by atoms with Gasteiger partial charge in [0, 0.05) is 38.0 Å². The highest BCUT2D eigenvalue weighted by Gasteiger charge is 2.24. The van der Waals surface area contributed by atoms with Crippen molar-refractivity contribution in [3.63, 3.8) is 0 Å². The molecule has 0 radical (unpaired) electrons. The molecule has 5 heteroatoms. The third-order valence-corrected chi connectivity index (χ3v) is 8.13. The molecule has 0 spiro atoms. The van der Waals surface area contributed by atoms with Gasteiger partial charge in [0.15, 0.2) is 4.34 Å². The minimum Gasteiger partial charge on any atom is -0.301 e. The first-order valence-electron chi connectivity index (χ1n) is 10.3. The fourth-order valence-corrected chi connectivity index (χ4v) is 6.45. The summed E-state index contributed by atoms with van der Waals surface area (Å²) >= 11 is 3.77. The number of benzene rings is 1. The minimum atomic E-state index is 0.899. The van der Waals surface area contributed by atoms with E-state index in [-0.39, 0.29) is 0 Å². The van der Waals surface area contributed by atoms with Crippen LogP contribution in [-0.2, 0) is 0 Å². The van der Waals surface area contributed by atoms with E-state index >= 15 is 0 Å². The lowest BCUT2D eigenvalue weighted by atomic mass is 9.94. The molecular formula is C21H31N3S2. The quantitative estimate of drug-likeness (QED) is 0.483. The van der Waals surface area contributed by atoms with E-state index < -0.39 is 0 Å². The predicted molar refractivity (Wildman–Crippen MR) is 114 cm³/mol. The molecule has 1 saturated carbocycles. The number of nitrogens with zero attached hydrogens (tertiary/aromatic N) is 3. The molecule has 1 aliphatic heterocycles. The van der Waals surface area contributed by atoms with Crippen LogP contribution >= 0.6 is 23.1 Å². The molecule has 0 N–H and O–H groups in total. The largest absolute Gasteiger partial charge is 0.301 e. The Morgan fingerprint density at radius 1 is 1.00 bits per heavy atom. The SMILES string of the molecule is c1ccc2sc(SCCCCN3CCN(C4CCCCC4)CC3)nc2c1. The van der Waals surface area contributed by atoms with Gasteiger partial charge in [-0.1, -0.05) is 43.2 Å². The molecule has 1 aromatic heterocycles. The summed E-state index contributed by atoms with van der Waals surface area (Å²) in [5.41, 5.74) is 1.15. The second-order valence-corrected chi connectivity index (χ2v) is 10.0. The molecule has 26 heavy (non-hydrogen) atoms. The molecule has 2 aliphatic rings. The van der Waals surface area contributed by atoms with Crippen LogP contribution in [0.25, 0.3) is 10.2 Å². The van der Waals surface area contributed by atoms with Gasteiger partial charge in [-0.15, -0.1) is 11.3 Å². The average molecular weight is 390 g/mol. The molecule has 1 aliphatic carbocycles. The molecule has 2 fully saturated rings. The van der Waals surface area contributed by atoms with Gasteiger partial charge in [-0.05, 0) is 44.4 Å². The Balaban J connectivity index is 1.10. The number of fused-ring (bicyclic) bond motifs is 1. The second-order valence-electron chi connectivity index (χ2n) is 7.67. The Morgan fingerprint density at radius 2 is 1.81 bits per heavy atom. The van der Waals surface area contributed by atoms with E-state index in [2.05, 4.69) is 34.1 Å². The number of hydrogen-bond acceptors (Lipinski definition) is 5. The van der Waals surface area contributed by atoms with Gasteiger partial charge in [-0.2, -0.15) is 0 Å². The molecule has 0 unspecified atom stereocenters. The molecule has 4 rings (SSSR count). The molecule has 0 bridgehead atoms. The average Bonchev–Trinajstić information content (AvgIpc) is 3.12. The van der Waals surface area contributed by atoms with Crippen LogP contribution in [0.1, 0.15) is 44.9 Å². The maximum atomic E-state index is 4.72. The lowest BCUT2D eigenvalue weighted by Gasteiger charge is -2.40. The summed E-state index contributed by atoms with van der Waals surface area (Å²) in [4.78, 5) is 10.2. The Morgan fingerprint density at radius 3 is 2.62 bits per heavy atom. The van der Waals surface area contributed by atoms with Crippen molar-refractivity contribution in [1.29, 1.82) is 0 Å². The molecule has 3 nitrogen and oxygen atoms in total. The van der Waals surface area contributed by atoms with Crippen LogP contribution in [0.15, 0.2) is 28.6 Å². The Kier molecular flexibility index (Phi) is 6.87. The van der Waals surface area contributed by atoms with Crippen molar-refractivity contribution in [2.75, 3.05) is 38.5 Å². The summed E-state index contributed by atoms with van der Waals surface area (Å²) in [6.07, 6.45) is 9.89. The van der Waals surface area contributed by atoms with E-state index in [4.69, 9.17) is 4.98 Å². The van der Waals surface area contributed by atoms with E-state index in [1.165, 1.54) is 92.5 Å². The molecule has 142 valence electrons. The fourth-order valence-electron chi connectivity index (χ4n) is 4.31. The van der Waals surface area contributed by atoms with Crippen LogP contribution in [0, 0.1) is 0 Å². The Labute approximate surface area is 166 Å². The fraction of sp³-hybridized carbons (Fsp3) is 0.667. The lowest BCUT2D eigenvalue weighted by molar-refractivity contribution is 0.0784. The third kappa shape index (κ3) is 5.00. The first-order chi connectivity index (χ1) is 12.9. The zero-order chi connectivity index (χ0) is 17.6. The smallest absolute Gasteiger partial charge is 0.151 e. The normalized spacial score (nSPS) is 20.8. The first kappa shape index (κ1) is 18.7. The zero-order valence-corrected chi connectivity index (χ0v) is 17.4. The summed E-state index contributed by atoms with van der Waals surface area (Å²) < 4.78 is 2.54. The lowest BCUT2D eigenvalue weighted by Crippen LogP contribution is -2.50. The molecule has 2 aromatic rings. The van der Waals surface area contributed by atoms with Gasteiger partial charge in [-0.3, -0.25) is 4.90 Å². The number of piperazine rings is 1. The summed E-state index contributed by atoms with van der Waals surface area (Å²) in [6, 6.07) is 9.36. The molecule has 0 amide bonds. The molecule has 2 heterocycles. The molecule has 1 aromatic carbocycles. The van der Waals surface area contributed by atoms with Crippen molar-refractivity contribution >= 4 is 33.3 Å². The number of thiazole rings is 1. The van der Waals surface area contributed by atoms with E-state index in [0.29, 0.717) is 0 Å². The van der Waals surface area contributed by atoms with Gasteiger partial charge in [0.2, 0.25) is 0 Å². The standard InChI is InChI=1S/C21H31N3S2/c1-2-8-18(9-3-1)24-15-13-23(14-16-24)12-6-7-17-25-21-22-19-10-4-5-11-20(19)26-21/h4-5,10-11,18H,1-3,6-9,12-17H2. The van der Waals surface area contributed by atoms with Crippen LogP contribution < -0.4 is 0 Å². The number of unbranched alkanes of at least 4 members (excludes halogenated alkanes) is 1. The van der Waals surface area contributed by atoms with E-state index in [9.17, 15) is 0 Å².